The predicted octanol–water partition coefficient (Wildman–Crippen LogP) is 1.29. The van der Waals surface area contributed by atoms with Gasteiger partial charge in [0.15, 0.2) is 0 Å². The second kappa shape index (κ2) is 6.18. The third-order valence-electron chi connectivity index (χ3n) is 2.83. The number of anilines is 1. The molecule has 1 saturated heterocycles. The number of ether oxygens (including phenoxy) is 1. The lowest BCUT2D eigenvalue weighted by Crippen LogP contribution is -2.40. The normalized spacial score (nSPS) is 15.4. The molecule has 18 heavy (non-hydrogen) atoms. The van der Waals surface area contributed by atoms with Crippen LogP contribution in [0.2, 0.25) is 0 Å². The number of nitrogens with zero attached hydrogens (tertiary/aromatic N) is 3. The van der Waals surface area contributed by atoms with Crippen molar-refractivity contribution < 1.29 is 9.53 Å². The molecule has 1 N–H and O–H groups in total. The SMILES string of the molecule is CCc1cnc(NCCN2CCCOC2=O)nc1. The van der Waals surface area contributed by atoms with Crippen LogP contribution < -0.4 is 5.32 Å². The number of rotatable bonds is 5. The van der Waals surface area contributed by atoms with Crippen LogP contribution in [0, 0.1) is 0 Å². The number of hydrogen-bond acceptors (Lipinski definition) is 5. The molecule has 1 aromatic heterocycles. The average molecular weight is 250 g/mol. The Labute approximate surface area is 106 Å². The Bertz CT molecular complexity index is 394. The van der Waals surface area contributed by atoms with Crippen molar-refractivity contribution in [1.82, 2.24) is 14.9 Å². The third-order valence-corrected chi connectivity index (χ3v) is 2.83. The van der Waals surface area contributed by atoms with E-state index in [9.17, 15) is 4.79 Å². The van der Waals surface area contributed by atoms with Crippen molar-refractivity contribution >= 4 is 12.0 Å². The molecule has 0 bridgehead atoms. The van der Waals surface area contributed by atoms with E-state index in [1.165, 1.54) is 0 Å². The Kier molecular flexibility index (Phi) is 4.33. The first-order valence-corrected chi connectivity index (χ1v) is 6.26. The Balaban J connectivity index is 1.75. The number of nitrogens with one attached hydrogen (secondary N) is 1. The summed E-state index contributed by atoms with van der Waals surface area (Å²) in [6.45, 7) is 4.59. The summed E-state index contributed by atoms with van der Waals surface area (Å²) < 4.78 is 4.95. The van der Waals surface area contributed by atoms with Crippen LogP contribution in [0.1, 0.15) is 18.9 Å². The van der Waals surface area contributed by atoms with Crippen LogP contribution in [0.3, 0.4) is 0 Å². The maximum absolute atomic E-state index is 11.4. The molecule has 0 unspecified atom stereocenters. The van der Waals surface area contributed by atoms with Crippen LogP contribution in [0.15, 0.2) is 12.4 Å². The quantitative estimate of drug-likeness (QED) is 0.853. The molecule has 0 saturated carbocycles. The van der Waals surface area contributed by atoms with Gasteiger partial charge in [-0.05, 0) is 18.4 Å². The number of hydrogen-bond donors (Lipinski definition) is 1. The number of carbonyl (C=O) groups is 1. The molecule has 1 amide bonds. The van der Waals surface area contributed by atoms with Crippen LogP contribution in [0.5, 0.6) is 0 Å². The first-order valence-electron chi connectivity index (χ1n) is 6.26. The highest BCUT2D eigenvalue weighted by Gasteiger charge is 2.18. The summed E-state index contributed by atoms with van der Waals surface area (Å²) >= 11 is 0. The Morgan fingerprint density at radius 2 is 2.22 bits per heavy atom. The highest BCUT2D eigenvalue weighted by molar-refractivity contribution is 5.68. The summed E-state index contributed by atoms with van der Waals surface area (Å²) in [4.78, 5) is 21.4. The van der Waals surface area contributed by atoms with E-state index in [1.807, 2.05) is 12.4 Å². The molecule has 0 atom stereocenters. The van der Waals surface area contributed by atoms with Crippen molar-refractivity contribution in [3.63, 3.8) is 0 Å². The summed E-state index contributed by atoms with van der Waals surface area (Å²) in [5, 5.41) is 3.09. The minimum Gasteiger partial charge on any atom is -0.449 e. The Hall–Kier alpha value is -1.85. The van der Waals surface area contributed by atoms with E-state index in [4.69, 9.17) is 4.74 Å². The van der Waals surface area contributed by atoms with Gasteiger partial charge in [0, 0.05) is 32.0 Å². The lowest BCUT2D eigenvalue weighted by atomic mass is 10.3. The van der Waals surface area contributed by atoms with E-state index < -0.39 is 0 Å². The summed E-state index contributed by atoms with van der Waals surface area (Å²) in [6, 6.07) is 0. The average Bonchev–Trinajstić information content (AvgIpc) is 2.42. The zero-order valence-electron chi connectivity index (χ0n) is 10.6. The zero-order chi connectivity index (χ0) is 12.8. The van der Waals surface area contributed by atoms with E-state index in [0.29, 0.717) is 25.6 Å². The molecule has 0 aliphatic carbocycles. The van der Waals surface area contributed by atoms with Gasteiger partial charge in [0.2, 0.25) is 5.95 Å². The van der Waals surface area contributed by atoms with Gasteiger partial charge < -0.3 is 15.0 Å². The van der Waals surface area contributed by atoms with Crippen molar-refractivity contribution in [2.75, 3.05) is 31.6 Å². The van der Waals surface area contributed by atoms with Crippen LogP contribution in [0.25, 0.3) is 0 Å². The lowest BCUT2D eigenvalue weighted by Gasteiger charge is -2.26. The fourth-order valence-corrected chi connectivity index (χ4v) is 1.73. The van der Waals surface area contributed by atoms with Crippen molar-refractivity contribution in [3.05, 3.63) is 18.0 Å². The molecule has 98 valence electrons. The highest BCUT2D eigenvalue weighted by atomic mass is 16.6. The lowest BCUT2D eigenvalue weighted by molar-refractivity contribution is 0.0746. The smallest absolute Gasteiger partial charge is 0.409 e. The van der Waals surface area contributed by atoms with Gasteiger partial charge in [-0.3, -0.25) is 0 Å². The van der Waals surface area contributed by atoms with Gasteiger partial charge in [0.1, 0.15) is 0 Å². The second-order valence-electron chi connectivity index (χ2n) is 4.15. The van der Waals surface area contributed by atoms with Gasteiger partial charge in [-0.25, -0.2) is 14.8 Å². The second-order valence-corrected chi connectivity index (χ2v) is 4.15. The molecule has 2 heterocycles. The molecular weight excluding hydrogens is 232 g/mol. The number of aryl methyl sites for hydroxylation is 1. The summed E-state index contributed by atoms with van der Waals surface area (Å²) in [6.07, 6.45) is 5.22. The first kappa shape index (κ1) is 12.6. The molecule has 0 aromatic carbocycles. The molecule has 2 rings (SSSR count). The van der Waals surface area contributed by atoms with E-state index >= 15 is 0 Å². The van der Waals surface area contributed by atoms with Gasteiger partial charge in [0.05, 0.1) is 6.61 Å². The van der Waals surface area contributed by atoms with E-state index in [2.05, 4.69) is 22.2 Å². The summed E-state index contributed by atoms with van der Waals surface area (Å²) in [5.74, 6) is 0.595. The zero-order valence-corrected chi connectivity index (χ0v) is 10.6. The Morgan fingerprint density at radius 3 is 2.89 bits per heavy atom. The number of aromatic nitrogens is 2. The molecule has 1 aliphatic heterocycles. The van der Waals surface area contributed by atoms with Crippen molar-refractivity contribution in [2.24, 2.45) is 0 Å². The fraction of sp³-hybridized carbons (Fsp3) is 0.583. The van der Waals surface area contributed by atoms with E-state index in [1.54, 1.807) is 4.90 Å². The molecule has 6 nitrogen and oxygen atoms in total. The number of cyclic esters (lactones) is 1. The van der Waals surface area contributed by atoms with Crippen LogP contribution in [0.4, 0.5) is 10.7 Å². The Morgan fingerprint density at radius 1 is 1.44 bits per heavy atom. The minimum atomic E-state index is -0.231. The molecule has 0 radical (unpaired) electrons. The van der Waals surface area contributed by atoms with Crippen LogP contribution >= 0.6 is 0 Å². The third kappa shape index (κ3) is 3.32. The number of carbonyl (C=O) groups excluding carboxylic acids is 1. The first-order chi connectivity index (χ1) is 8.79. The summed E-state index contributed by atoms with van der Waals surface area (Å²) in [5.41, 5.74) is 1.11. The van der Waals surface area contributed by atoms with Crippen molar-refractivity contribution in [1.29, 1.82) is 0 Å². The standard InChI is InChI=1S/C12H18N4O2/c1-2-10-8-14-11(15-9-10)13-4-6-16-5-3-7-18-12(16)17/h8-9H,2-7H2,1H3,(H,13,14,15). The fourth-order valence-electron chi connectivity index (χ4n) is 1.73. The minimum absolute atomic E-state index is 0.231. The van der Waals surface area contributed by atoms with E-state index in [0.717, 1.165) is 24.9 Å². The molecular formula is C12H18N4O2. The van der Waals surface area contributed by atoms with Gasteiger partial charge in [-0.1, -0.05) is 6.92 Å². The number of amides is 1. The maximum atomic E-state index is 11.4. The van der Waals surface area contributed by atoms with E-state index in [-0.39, 0.29) is 6.09 Å². The molecule has 1 aromatic rings. The maximum Gasteiger partial charge on any atom is 0.409 e. The highest BCUT2D eigenvalue weighted by Crippen LogP contribution is 2.04. The van der Waals surface area contributed by atoms with Crippen LogP contribution in [-0.2, 0) is 11.2 Å². The monoisotopic (exact) mass is 250 g/mol. The summed E-state index contributed by atoms with van der Waals surface area (Å²) in [7, 11) is 0. The van der Waals surface area contributed by atoms with Crippen LogP contribution in [-0.4, -0.2) is 47.2 Å². The largest absolute Gasteiger partial charge is 0.449 e. The molecule has 1 fully saturated rings. The van der Waals surface area contributed by atoms with Crippen molar-refractivity contribution in [3.8, 4) is 0 Å². The van der Waals surface area contributed by atoms with Gasteiger partial charge in [-0.2, -0.15) is 0 Å². The van der Waals surface area contributed by atoms with Gasteiger partial charge >= 0.3 is 6.09 Å². The molecule has 1 aliphatic rings. The molecule has 0 spiro atoms. The van der Waals surface area contributed by atoms with Crippen molar-refractivity contribution in [2.45, 2.75) is 19.8 Å². The topological polar surface area (TPSA) is 67.3 Å². The van der Waals surface area contributed by atoms with Gasteiger partial charge in [0.25, 0.3) is 0 Å². The molecule has 6 heteroatoms. The van der Waals surface area contributed by atoms with Gasteiger partial charge in [-0.15, -0.1) is 0 Å². The predicted molar refractivity (Wildman–Crippen MR) is 67.4 cm³/mol.